The van der Waals surface area contributed by atoms with E-state index in [2.05, 4.69) is 6.92 Å². The van der Waals surface area contributed by atoms with Crippen molar-refractivity contribution < 1.29 is 13.9 Å². The van der Waals surface area contributed by atoms with Crippen LogP contribution in [0, 0.1) is 11.8 Å². The second-order valence-corrected chi connectivity index (χ2v) is 4.95. The lowest BCUT2D eigenvalue weighted by Gasteiger charge is -2.33. The van der Waals surface area contributed by atoms with Crippen LogP contribution in [-0.2, 0) is 0 Å². The highest BCUT2D eigenvalue weighted by atomic mass is 19.3. The van der Waals surface area contributed by atoms with Crippen LogP contribution < -0.4 is 0 Å². The molecule has 1 N–H and O–H groups in total. The zero-order valence-corrected chi connectivity index (χ0v) is 9.68. The molecule has 1 saturated carbocycles. The Bertz CT molecular complexity index is 184. The van der Waals surface area contributed by atoms with Crippen molar-refractivity contribution in [1.82, 2.24) is 0 Å². The van der Waals surface area contributed by atoms with Crippen LogP contribution >= 0.6 is 0 Å². The summed E-state index contributed by atoms with van der Waals surface area (Å²) in [5.74, 6) is -2.15. The molecule has 1 aliphatic rings. The molecule has 1 fully saturated rings. The van der Waals surface area contributed by atoms with Crippen molar-refractivity contribution in [2.24, 2.45) is 11.8 Å². The van der Waals surface area contributed by atoms with Crippen molar-refractivity contribution in [3.8, 4) is 0 Å². The van der Waals surface area contributed by atoms with Gasteiger partial charge >= 0.3 is 0 Å². The van der Waals surface area contributed by atoms with Gasteiger partial charge in [-0.05, 0) is 31.1 Å². The molecule has 0 radical (unpaired) electrons. The van der Waals surface area contributed by atoms with Crippen LogP contribution in [0.25, 0.3) is 0 Å². The van der Waals surface area contributed by atoms with Gasteiger partial charge in [-0.2, -0.15) is 0 Å². The van der Waals surface area contributed by atoms with Gasteiger partial charge in [0.25, 0.3) is 0 Å². The average molecular weight is 220 g/mol. The maximum Gasteiger partial charge on any atom is 0.248 e. The van der Waals surface area contributed by atoms with E-state index < -0.39 is 5.92 Å². The molecule has 0 heterocycles. The molecule has 3 heteroatoms. The van der Waals surface area contributed by atoms with E-state index in [4.69, 9.17) is 0 Å². The number of halogens is 2. The Morgan fingerprint density at radius 2 is 1.87 bits per heavy atom. The minimum absolute atomic E-state index is 0.0480. The third-order valence-electron chi connectivity index (χ3n) is 3.57. The Hall–Kier alpha value is -0.180. The van der Waals surface area contributed by atoms with Gasteiger partial charge in [0.1, 0.15) is 0 Å². The highest BCUT2D eigenvalue weighted by Crippen LogP contribution is 2.39. The molecule has 0 aromatic rings. The molecule has 2 unspecified atom stereocenters. The minimum atomic E-state index is -2.48. The monoisotopic (exact) mass is 220 g/mol. The summed E-state index contributed by atoms with van der Waals surface area (Å²) in [6.45, 7) is 4.10. The lowest BCUT2D eigenvalue weighted by molar-refractivity contribution is -0.0696. The van der Waals surface area contributed by atoms with Crippen molar-refractivity contribution in [2.45, 2.75) is 64.4 Å². The van der Waals surface area contributed by atoms with Crippen LogP contribution in [0.15, 0.2) is 0 Å². The number of hydrogen-bond acceptors (Lipinski definition) is 1. The maximum atomic E-state index is 12.9. The SMILES string of the molecule is CCCC(C)C(O)C1CCC(F)(F)CC1. The first-order chi connectivity index (χ1) is 6.96. The van der Waals surface area contributed by atoms with Crippen LogP contribution in [0.1, 0.15) is 52.4 Å². The first-order valence-corrected chi connectivity index (χ1v) is 6.02. The molecule has 15 heavy (non-hydrogen) atoms. The quantitative estimate of drug-likeness (QED) is 0.767. The highest BCUT2D eigenvalue weighted by Gasteiger charge is 2.38. The Labute approximate surface area is 90.9 Å². The summed E-state index contributed by atoms with van der Waals surface area (Å²) in [4.78, 5) is 0. The van der Waals surface area contributed by atoms with Crippen LogP contribution in [-0.4, -0.2) is 17.1 Å². The molecule has 90 valence electrons. The largest absolute Gasteiger partial charge is 0.393 e. The molecule has 0 saturated heterocycles. The Morgan fingerprint density at radius 1 is 1.33 bits per heavy atom. The fourth-order valence-corrected chi connectivity index (χ4v) is 2.49. The molecule has 0 aromatic carbocycles. The molecule has 1 aliphatic carbocycles. The standard InChI is InChI=1S/C12H22F2O/c1-3-4-9(2)11(15)10-5-7-12(13,14)8-6-10/h9-11,15H,3-8H2,1-2H3. The predicted octanol–water partition coefficient (Wildman–Crippen LogP) is 3.61. The minimum Gasteiger partial charge on any atom is -0.393 e. The number of hydrogen-bond donors (Lipinski definition) is 1. The number of rotatable bonds is 4. The van der Waals surface area contributed by atoms with Crippen LogP contribution in [0.2, 0.25) is 0 Å². The van der Waals surface area contributed by atoms with Gasteiger partial charge < -0.3 is 5.11 Å². The number of aliphatic hydroxyl groups excluding tert-OH is 1. The van der Waals surface area contributed by atoms with Gasteiger partial charge in [-0.15, -0.1) is 0 Å². The summed E-state index contributed by atoms with van der Waals surface area (Å²) in [5.41, 5.74) is 0. The molecule has 0 bridgehead atoms. The summed E-state index contributed by atoms with van der Waals surface area (Å²) in [6, 6.07) is 0. The van der Waals surface area contributed by atoms with E-state index in [0.29, 0.717) is 12.8 Å². The molecule has 0 aliphatic heterocycles. The van der Waals surface area contributed by atoms with Crippen molar-refractivity contribution >= 4 is 0 Å². The maximum absolute atomic E-state index is 12.9. The second kappa shape index (κ2) is 5.24. The first kappa shape index (κ1) is 12.9. The summed E-state index contributed by atoms with van der Waals surface area (Å²) >= 11 is 0. The zero-order valence-electron chi connectivity index (χ0n) is 9.68. The Kier molecular flexibility index (Phi) is 4.50. The number of aliphatic hydroxyl groups is 1. The predicted molar refractivity (Wildman–Crippen MR) is 57.0 cm³/mol. The number of alkyl halides is 2. The van der Waals surface area contributed by atoms with E-state index in [9.17, 15) is 13.9 Å². The van der Waals surface area contributed by atoms with Crippen molar-refractivity contribution in [3.05, 3.63) is 0 Å². The summed E-state index contributed by atoms with van der Waals surface area (Å²) in [5, 5.41) is 10.00. The smallest absolute Gasteiger partial charge is 0.248 e. The third-order valence-corrected chi connectivity index (χ3v) is 3.57. The zero-order chi connectivity index (χ0) is 11.5. The van der Waals surface area contributed by atoms with E-state index in [1.54, 1.807) is 0 Å². The van der Waals surface area contributed by atoms with E-state index in [1.165, 1.54) is 0 Å². The van der Waals surface area contributed by atoms with Gasteiger partial charge in [-0.3, -0.25) is 0 Å². The molecule has 0 spiro atoms. The Morgan fingerprint density at radius 3 is 2.33 bits per heavy atom. The van der Waals surface area contributed by atoms with Gasteiger partial charge in [-0.25, -0.2) is 8.78 Å². The molecular weight excluding hydrogens is 198 g/mol. The van der Waals surface area contributed by atoms with E-state index >= 15 is 0 Å². The topological polar surface area (TPSA) is 20.2 Å². The van der Waals surface area contributed by atoms with Gasteiger partial charge in [-0.1, -0.05) is 20.3 Å². The van der Waals surface area contributed by atoms with Gasteiger partial charge in [0.15, 0.2) is 0 Å². The average Bonchev–Trinajstić information content (AvgIpc) is 2.17. The molecule has 0 amide bonds. The fourth-order valence-electron chi connectivity index (χ4n) is 2.49. The fraction of sp³-hybridized carbons (Fsp3) is 1.00. The normalized spacial score (nSPS) is 26.2. The van der Waals surface area contributed by atoms with Gasteiger partial charge in [0, 0.05) is 12.8 Å². The molecule has 2 atom stereocenters. The van der Waals surface area contributed by atoms with E-state index in [-0.39, 0.29) is 30.8 Å². The molecule has 0 aromatic heterocycles. The van der Waals surface area contributed by atoms with E-state index in [1.807, 2.05) is 6.92 Å². The third kappa shape index (κ3) is 3.71. The highest BCUT2D eigenvalue weighted by molar-refractivity contribution is 4.83. The molecule has 1 rings (SSSR count). The van der Waals surface area contributed by atoms with Crippen molar-refractivity contribution in [3.63, 3.8) is 0 Å². The van der Waals surface area contributed by atoms with Crippen molar-refractivity contribution in [1.29, 1.82) is 0 Å². The Balaban J connectivity index is 2.39. The van der Waals surface area contributed by atoms with Crippen LogP contribution in [0.3, 0.4) is 0 Å². The van der Waals surface area contributed by atoms with Gasteiger partial charge in [0.2, 0.25) is 5.92 Å². The first-order valence-electron chi connectivity index (χ1n) is 6.02. The van der Waals surface area contributed by atoms with Crippen LogP contribution in [0.4, 0.5) is 8.78 Å². The second-order valence-electron chi connectivity index (χ2n) is 4.95. The molecular formula is C12H22F2O. The lowest BCUT2D eigenvalue weighted by Crippen LogP contribution is -2.34. The van der Waals surface area contributed by atoms with E-state index in [0.717, 1.165) is 12.8 Å². The lowest BCUT2D eigenvalue weighted by atomic mass is 9.78. The summed E-state index contributed by atoms with van der Waals surface area (Å²) in [6.07, 6.45) is 2.49. The van der Waals surface area contributed by atoms with Crippen LogP contribution in [0.5, 0.6) is 0 Å². The summed E-state index contributed by atoms with van der Waals surface area (Å²) < 4.78 is 25.8. The van der Waals surface area contributed by atoms with Crippen molar-refractivity contribution in [2.75, 3.05) is 0 Å². The molecule has 1 nitrogen and oxygen atoms in total. The summed E-state index contributed by atoms with van der Waals surface area (Å²) in [7, 11) is 0. The van der Waals surface area contributed by atoms with Gasteiger partial charge in [0.05, 0.1) is 6.10 Å².